The van der Waals surface area contributed by atoms with E-state index in [0.717, 1.165) is 0 Å². The smallest absolute Gasteiger partial charge is 0.225 e. The molecule has 0 aliphatic rings. The third-order valence-electron chi connectivity index (χ3n) is 3.00. The number of rotatable bonds is 5. The Balaban J connectivity index is 1.86. The largest absolute Gasteiger partial charge is 0.325 e. The summed E-state index contributed by atoms with van der Waals surface area (Å²) in [6, 6.07) is 17.2. The van der Waals surface area contributed by atoms with Gasteiger partial charge in [-0.05, 0) is 30.7 Å². The second-order valence-electron chi connectivity index (χ2n) is 4.57. The first-order valence-corrected chi connectivity index (χ1v) is 7.66. The van der Waals surface area contributed by atoms with Crippen molar-refractivity contribution in [1.29, 1.82) is 5.26 Å². The molecule has 4 heteroatoms. The normalized spacial score (nSPS) is 9.90. The molecule has 0 fully saturated rings. The fourth-order valence-corrected chi connectivity index (χ4v) is 2.85. The van der Waals surface area contributed by atoms with Crippen molar-refractivity contribution in [2.75, 3.05) is 11.1 Å². The van der Waals surface area contributed by atoms with E-state index in [9.17, 15) is 4.79 Å². The van der Waals surface area contributed by atoms with Gasteiger partial charge in [-0.2, -0.15) is 5.26 Å². The van der Waals surface area contributed by atoms with Gasteiger partial charge in [-0.25, -0.2) is 0 Å². The van der Waals surface area contributed by atoms with Gasteiger partial charge in [0.05, 0.1) is 11.3 Å². The van der Waals surface area contributed by atoms with Crippen molar-refractivity contribution in [3.8, 4) is 6.07 Å². The quantitative estimate of drug-likeness (QED) is 0.849. The summed E-state index contributed by atoms with van der Waals surface area (Å²) in [5.74, 6) is 0.643. The third kappa shape index (κ3) is 4.37. The van der Waals surface area contributed by atoms with Gasteiger partial charge in [0.2, 0.25) is 5.91 Å². The fourth-order valence-electron chi connectivity index (χ4n) is 1.87. The maximum absolute atomic E-state index is 11.9. The molecule has 2 rings (SSSR count). The van der Waals surface area contributed by atoms with Crippen molar-refractivity contribution < 1.29 is 4.79 Å². The Hall–Kier alpha value is -2.25. The zero-order valence-corrected chi connectivity index (χ0v) is 12.6. The summed E-state index contributed by atoms with van der Waals surface area (Å²) < 4.78 is 0. The van der Waals surface area contributed by atoms with E-state index in [2.05, 4.69) is 30.4 Å². The first-order valence-electron chi connectivity index (χ1n) is 6.68. The minimum atomic E-state index is -0.0706. The van der Waals surface area contributed by atoms with Gasteiger partial charge in [-0.1, -0.05) is 30.3 Å². The van der Waals surface area contributed by atoms with Crippen molar-refractivity contribution in [2.24, 2.45) is 0 Å². The van der Waals surface area contributed by atoms with E-state index >= 15 is 0 Å². The molecule has 21 heavy (non-hydrogen) atoms. The molecule has 0 spiro atoms. The lowest BCUT2D eigenvalue weighted by molar-refractivity contribution is -0.115. The molecule has 0 atom stereocenters. The van der Waals surface area contributed by atoms with Gasteiger partial charge < -0.3 is 5.32 Å². The number of aryl methyl sites for hydroxylation is 1. The number of nitrogens with one attached hydrogen (secondary N) is 1. The highest BCUT2D eigenvalue weighted by Gasteiger charge is 2.06. The van der Waals surface area contributed by atoms with Crippen LogP contribution in [0, 0.1) is 18.3 Å². The van der Waals surface area contributed by atoms with Crippen LogP contribution >= 0.6 is 11.8 Å². The molecule has 1 amide bonds. The van der Waals surface area contributed by atoms with Crippen LogP contribution in [0.4, 0.5) is 5.69 Å². The number of carbonyl (C=O) groups excluding carboxylic acids is 1. The summed E-state index contributed by atoms with van der Waals surface area (Å²) in [4.78, 5) is 13.1. The van der Waals surface area contributed by atoms with E-state index in [0.29, 0.717) is 23.4 Å². The Bertz CT molecular complexity index is 676. The number of amides is 1. The highest BCUT2D eigenvalue weighted by Crippen LogP contribution is 2.22. The Kier molecular flexibility index (Phi) is 5.42. The standard InChI is InChI=1S/C17H16N2OS/c1-13-6-2-5-9-16(13)21-11-10-17(20)19-15-8-4-3-7-14(15)12-18/h2-9H,10-11H2,1H3,(H,19,20). The highest BCUT2D eigenvalue weighted by atomic mass is 32.2. The van der Waals surface area contributed by atoms with Crippen LogP contribution in [-0.2, 0) is 4.79 Å². The van der Waals surface area contributed by atoms with Gasteiger partial charge in [0.25, 0.3) is 0 Å². The number of benzene rings is 2. The van der Waals surface area contributed by atoms with Crippen LogP contribution in [-0.4, -0.2) is 11.7 Å². The molecule has 1 N–H and O–H groups in total. The monoisotopic (exact) mass is 296 g/mol. The van der Waals surface area contributed by atoms with Gasteiger partial charge >= 0.3 is 0 Å². The van der Waals surface area contributed by atoms with Crippen molar-refractivity contribution in [1.82, 2.24) is 0 Å². The molecule has 0 saturated heterocycles. The van der Waals surface area contributed by atoms with Crippen LogP contribution in [0.2, 0.25) is 0 Å². The fraction of sp³-hybridized carbons (Fsp3) is 0.176. The van der Waals surface area contributed by atoms with Crippen LogP contribution in [0.1, 0.15) is 17.5 Å². The van der Waals surface area contributed by atoms with E-state index in [1.54, 1.807) is 36.0 Å². The molecule has 0 heterocycles. The summed E-state index contributed by atoms with van der Waals surface area (Å²) in [7, 11) is 0. The van der Waals surface area contributed by atoms with Gasteiger partial charge in [0.1, 0.15) is 6.07 Å². The SMILES string of the molecule is Cc1ccccc1SCCC(=O)Nc1ccccc1C#N. The molecule has 0 aliphatic carbocycles. The number of anilines is 1. The zero-order chi connectivity index (χ0) is 15.1. The molecule has 0 radical (unpaired) electrons. The van der Waals surface area contributed by atoms with Crippen LogP contribution in [0.15, 0.2) is 53.4 Å². The molecular weight excluding hydrogens is 280 g/mol. The first-order chi connectivity index (χ1) is 10.2. The van der Waals surface area contributed by atoms with Crippen molar-refractivity contribution in [2.45, 2.75) is 18.2 Å². The molecule has 2 aromatic rings. The van der Waals surface area contributed by atoms with Crippen LogP contribution < -0.4 is 5.32 Å². The second kappa shape index (κ2) is 7.51. The van der Waals surface area contributed by atoms with E-state index in [4.69, 9.17) is 5.26 Å². The number of nitriles is 1. The van der Waals surface area contributed by atoms with Gasteiger partial charge in [-0.15, -0.1) is 11.8 Å². The minimum absolute atomic E-state index is 0.0706. The van der Waals surface area contributed by atoms with Crippen molar-refractivity contribution >= 4 is 23.4 Å². The molecular formula is C17H16N2OS. The van der Waals surface area contributed by atoms with Crippen LogP contribution in [0.3, 0.4) is 0 Å². The number of thioether (sulfide) groups is 1. The maximum Gasteiger partial charge on any atom is 0.225 e. The maximum atomic E-state index is 11.9. The lowest BCUT2D eigenvalue weighted by atomic mass is 10.2. The molecule has 106 valence electrons. The number of carbonyl (C=O) groups is 1. The average molecular weight is 296 g/mol. The number of hydrogen-bond donors (Lipinski definition) is 1. The minimum Gasteiger partial charge on any atom is -0.325 e. The highest BCUT2D eigenvalue weighted by molar-refractivity contribution is 7.99. The van der Waals surface area contributed by atoms with E-state index in [1.165, 1.54) is 10.5 Å². The van der Waals surface area contributed by atoms with E-state index in [1.807, 2.05) is 12.1 Å². The average Bonchev–Trinajstić information content (AvgIpc) is 2.50. The van der Waals surface area contributed by atoms with Gasteiger partial charge in [-0.3, -0.25) is 4.79 Å². The summed E-state index contributed by atoms with van der Waals surface area (Å²) in [6.07, 6.45) is 0.415. The number of hydrogen-bond acceptors (Lipinski definition) is 3. The molecule has 0 saturated carbocycles. The molecule has 3 nitrogen and oxygen atoms in total. The van der Waals surface area contributed by atoms with E-state index < -0.39 is 0 Å². The predicted molar refractivity (Wildman–Crippen MR) is 86.3 cm³/mol. The predicted octanol–water partition coefficient (Wildman–Crippen LogP) is 3.99. The Morgan fingerprint density at radius 2 is 1.90 bits per heavy atom. The summed E-state index contributed by atoms with van der Waals surface area (Å²) in [5, 5.41) is 11.8. The Morgan fingerprint density at radius 3 is 2.67 bits per heavy atom. The molecule has 0 aromatic heterocycles. The van der Waals surface area contributed by atoms with Crippen molar-refractivity contribution in [3.05, 3.63) is 59.7 Å². The zero-order valence-electron chi connectivity index (χ0n) is 11.8. The first kappa shape index (κ1) is 15.1. The molecule has 2 aromatic carbocycles. The summed E-state index contributed by atoms with van der Waals surface area (Å²) in [5.41, 5.74) is 2.28. The van der Waals surface area contributed by atoms with Crippen molar-refractivity contribution in [3.63, 3.8) is 0 Å². The third-order valence-corrected chi connectivity index (χ3v) is 4.18. The summed E-state index contributed by atoms with van der Waals surface area (Å²) in [6.45, 7) is 2.06. The number of para-hydroxylation sites is 1. The Morgan fingerprint density at radius 1 is 1.19 bits per heavy atom. The summed E-state index contributed by atoms with van der Waals surface area (Å²) >= 11 is 1.67. The molecule has 0 unspecified atom stereocenters. The molecule has 0 aliphatic heterocycles. The number of nitrogens with zero attached hydrogens (tertiary/aromatic N) is 1. The lowest BCUT2D eigenvalue weighted by Crippen LogP contribution is -2.13. The lowest BCUT2D eigenvalue weighted by Gasteiger charge is -2.07. The van der Waals surface area contributed by atoms with Gasteiger partial charge in [0.15, 0.2) is 0 Å². The molecule has 0 bridgehead atoms. The van der Waals surface area contributed by atoms with Crippen LogP contribution in [0.25, 0.3) is 0 Å². The topological polar surface area (TPSA) is 52.9 Å². The second-order valence-corrected chi connectivity index (χ2v) is 5.71. The van der Waals surface area contributed by atoms with Gasteiger partial charge in [0, 0.05) is 17.1 Å². The van der Waals surface area contributed by atoms with Crippen LogP contribution in [0.5, 0.6) is 0 Å². The van der Waals surface area contributed by atoms with E-state index in [-0.39, 0.29) is 5.91 Å². The Labute approximate surface area is 129 Å².